The van der Waals surface area contributed by atoms with Crippen molar-refractivity contribution in [2.75, 3.05) is 0 Å². The van der Waals surface area contributed by atoms with E-state index < -0.39 is 6.04 Å². The van der Waals surface area contributed by atoms with E-state index in [2.05, 4.69) is 22.8 Å². The summed E-state index contributed by atoms with van der Waals surface area (Å²) in [7, 11) is 0. The number of hydrogen-bond acceptors (Lipinski definition) is 3. The lowest BCUT2D eigenvalue weighted by atomic mass is 9.95. The molecule has 1 aromatic carbocycles. The summed E-state index contributed by atoms with van der Waals surface area (Å²) in [6, 6.07) is 9.66. The second kappa shape index (κ2) is 9.18. The van der Waals surface area contributed by atoms with Gasteiger partial charge in [-0.25, -0.2) is 0 Å². The van der Waals surface area contributed by atoms with Crippen LogP contribution in [0.4, 0.5) is 0 Å². The fourth-order valence-corrected chi connectivity index (χ4v) is 4.35. The van der Waals surface area contributed by atoms with Gasteiger partial charge in [0.2, 0.25) is 11.8 Å². The van der Waals surface area contributed by atoms with Crippen LogP contribution in [-0.2, 0) is 16.0 Å². The van der Waals surface area contributed by atoms with Crippen molar-refractivity contribution in [2.45, 2.75) is 63.6 Å². The van der Waals surface area contributed by atoms with Crippen molar-refractivity contribution in [3.63, 3.8) is 0 Å². The van der Waals surface area contributed by atoms with E-state index in [1.807, 2.05) is 18.2 Å². The molecule has 27 heavy (non-hydrogen) atoms. The quantitative estimate of drug-likeness (QED) is 0.615. The molecule has 2 fully saturated rings. The minimum Gasteiger partial charge on any atom is -0.350 e. The molecule has 4 N–H and O–H groups in total. The average Bonchev–Trinajstić information content (AvgIpc) is 3.27. The molecule has 2 bridgehead atoms. The van der Waals surface area contributed by atoms with Crippen molar-refractivity contribution in [2.24, 2.45) is 17.6 Å². The van der Waals surface area contributed by atoms with E-state index in [1.54, 1.807) is 19.1 Å². The smallest absolute Gasteiger partial charge is 0.243 e. The van der Waals surface area contributed by atoms with Crippen LogP contribution in [0.15, 0.2) is 42.5 Å². The highest BCUT2D eigenvalue weighted by atomic mass is 16.2. The summed E-state index contributed by atoms with van der Waals surface area (Å²) in [5, 5.41) is 6.08. The van der Waals surface area contributed by atoms with E-state index in [-0.39, 0.29) is 17.9 Å². The number of carbonyl (C=O) groups excluding carboxylic acids is 2. The summed E-state index contributed by atoms with van der Waals surface area (Å²) >= 11 is 0. The molecular weight excluding hydrogens is 338 g/mol. The molecule has 2 aliphatic rings. The fourth-order valence-electron chi connectivity index (χ4n) is 4.35. The van der Waals surface area contributed by atoms with E-state index in [4.69, 9.17) is 5.73 Å². The SMILES string of the molecule is C[C@H](N)C(=O)N[C@H](/C=C/C(=O)NC1C[C@H]2CC[C@H]1C2)CCc1ccccc1. The number of amides is 2. The zero-order chi connectivity index (χ0) is 19.2. The van der Waals surface area contributed by atoms with Crippen LogP contribution in [0.1, 0.15) is 44.6 Å². The van der Waals surface area contributed by atoms with Gasteiger partial charge >= 0.3 is 0 Å². The molecule has 1 unspecified atom stereocenters. The molecule has 3 rings (SSSR count). The molecule has 0 aliphatic heterocycles. The largest absolute Gasteiger partial charge is 0.350 e. The molecule has 5 atom stereocenters. The summed E-state index contributed by atoms with van der Waals surface area (Å²) < 4.78 is 0. The van der Waals surface area contributed by atoms with Gasteiger partial charge in [-0.3, -0.25) is 9.59 Å². The van der Waals surface area contributed by atoms with Crippen LogP contribution in [0, 0.1) is 11.8 Å². The van der Waals surface area contributed by atoms with E-state index in [0.29, 0.717) is 12.0 Å². The second-order valence-electron chi connectivity index (χ2n) is 8.08. The van der Waals surface area contributed by atoms with E-state index >= 15 is 0 Å². The van der Waals surface area contributed by atoms with Gasteiger partial charge in [-0.05, 0) is 56.4 Å². The van der Waals surface area contributed by atoms with E-state index in [1.165, 1.54) is 24.8 Å². The number of aryl methyl sites for hydroxylation is 1. The number of fused-ring (bicyclic) bond motifs is 2. The average molecular weight is 370 g/mol. The number of nitrogens with one attached hydrogen (secondary N) is 2. The molecule has 2 saturated carbocycles. The Labute approximate surface area is 161 Å². The van der Waals surface area contributed by atoms with Crippen LogP contribution in [0.5, 0.6) is 0 Å². The molecule has 5 heteroatoms. The van der Waals surface area contributed by atoms with Crippen molar-refractivity contribution in [3.8, 4) is 0 Å². The van der Waals surface area contributed by atoms with Gasteiger partial charge in [-0.1, -0.05) is 42.8 Å². The zero-order valence-corrected chi connectivity index (χ0v) is 16.1. The van der Waals surface area contributed by atoms with Crippen molar-refractivity contribution >= 4 is 11.8 Å². The number of carbonyl (C=O) groups is 2. The highest BCUT2D eigenvalue weighted by molar-refractivity contribution is 5.88. The van der Waals surface area contributed by atoms with Gasteiger partial charge in [-0.2, -0.15) is 0 Å². The predicted molar refractivity (Wildman–Crippen MR) is 107 cm³/mol. The third-order valence-corrected chi connectivity index (χ3v) is 5.87. The third-order valence-electron chi connectivity index (χ3n) is 5.87. The Bertz CT molecular complexity index is 671. The van der Waals surface area contributed by atoms with Gasteiger partial charge in [-0.15, -0.1) is 0 Å². The van der Waals surface area contributed by atoms with Gasteiger partial charge in [0.1, 0.15) is 0 Å². The molecular formula is C22H31N3O2. The first-order valence-corrected chi connectivity index (χ1v) is 10.1. The maximum atomic E-state index is 12.3. The van der Waals surface area contributed by atoms with E-state index in [9.17, 15) is 9.59 Å². The van der Waals surface area contributed by atoms with Gasteiger partial charge in [0.15, 0.2) is 0 Å². The predicted octanol–water partition coefficient (Wildman–Crippen LogP) is 2.31. The Hall–Kier alpha value is -2.14. The van der Waals surface area contributed by atoms with Crippen molar-refractivity contribution in [1.82, 2.24) is 10.6 Å². The Kier molecular flexibility index (Phi) is 6.67. The molecule has 0 heterocycles. The van der Waals surface area contributed by atoms with Gasteiger partial charge in [0.25, 0.3) is 0 Å². The Morgan fingerprint density at radius 2 is 2.00 bits per heavy atom. The third kappa shape index (κ3) is 5.67. The fraction of sp³-hybridized carbons (Fsp3) is 0.545. The minimum atomic E-state index is -0.569. The first-order chi connectivity index (χ1) is 13.0. The molecule has 0 aromatic heterocycles. The molecule has 0 radical (unpaired) electrons. The molecule has 0 spiro atoms. The monoisotopic (exact) mass is 369 g/mol. The van der Waals surface area contributed by atoms with Crippen LogP contribution in [0.2, 0.25) is 0 Å². The van der Waals surface area contributed by atoms with Gasteiger partial charge < -0.3 is 16.4 Å². The maximum absolute atomic E-state index is 12.3. The summed E-state index contributed by atoms with van der Waals surface area (Å²) in [4.78, 5) is 24.3. The molecule has 0 saturated heterocycles. The second-order valence-corrected chi connectivity index (χ2v) is 8.08. The van der Waals surface area contributed by atoms with Crippen molar-refractivity contribution in [1.29, 1.82) is 0 Å². The molecule has 146 valence electrons. The maximum Gasteiger partial charge on any atom is 0.243 e. The number of nitrogens with two attached hydrogens (primary N) is 1. The number of hydrogen-bond donors (Lipinski definition) is 3. The minimum absolute atomic E-state index is 0.0627. The van der Waals surface area contributed by atoms with Gasteiger partial charge in [0, 0.05) is 18.2 Å². The molecule has 1 aromatic rings. The Morgan fingerprint density at radius 3 is 2.63 bits per heavy atom. The lowest BCUT2D eigenvalue weighted by Gasteiger charge is -2.22. The summed E-state index contributed by atoms with van der Waals surface area (Å²) in [5.41, 5.74) is 6.88. The Balaban J connectivity index is 1.54. The first kappa shape index (κ1) is 19.6. The summed E-state index contributed by atoms with van der Waals surface area (Å²) in [6.07, 6.45) is 9.85. The van der Waals surface area contributed by atoms with Crippen molar-refractivity contribution in [3.05, 3.63) is 48.0 Å². The van der Waals surface area contributed by atoms with Crippen LogP contribution < -0.4 is 16.4 Å². The summed E-state index contributed by atoms with van der Waals surface area (Å²) in [6.45, 7) is 1.66. The standard InChI is InChI=1S/C22H31N3O2/c1-15(23)22(27)24-19(10-8-16-5-3-2-4-6-16)11-12-21(26)25-20-14-17-7-9-18(20)13-17/h2-6,11-12,15,17-20H,7-10,13-14,23H2,1H3,(H,24,27)(H,25,26)/b12-11+/t15-,17-,18-,19-,20?/m0/s1. The summed E-state index contributed by atoms with van der Waals surface area (Å²) in [5.74, 6) is 1.19. The number of benzene rings is 1. The van der Waals surface area contributed by atoms with Crippen LogP contribution in [0.3, 0.4) is 0 Å². The highest BCUT2D eigenvalue weighted by Crippen LogP contribution is 2.44. The normalized spacial score (nSPS) is 26.1. The molecule has 2 aliphatic carbocycles. The first-order valence-electron chi connectivity index (χ1n) is 10.1. The Morgan fingerprint density at radius 1 is 1.22 bits per heavy atom. The van der Waals surface area contributed by atoms with Crippen LogP contribution in [0.25, 0.3) is 0 Å². The van der Waals surface area contributed by atoms with Crippen LogP contribution >= 0.6 is 0 Å². The topological polar surface area (TPSA) is 84.2 Å². The number of rotatable bonds is 8. The molecule has 2 amide bonds. The molecule has 5 nitrogen and oxygen atoms in total. The van der Waals surface area contributed by atoms with Crippen molar-refractivity contribution < 1.29 is 9.59 Å². The van der Waals surface area contributed by atoms with Gasteiger partial charge in [0.05, 0.1) is 6.04 Å². The van der Waals surface area contributed by atoms with Crippen LogP contribution in [-0.4, -0.2) is 29.9 Å². The lowest BCUT2D eigenvalue weighted by molar-refractivity contribution is -0.122. The highest BCUT2D eigenvalue weighted by Gasteiger charge is 2.39. The lowest BCUT2D eigenvalue weighted by Crippen LogP contribution is -2.43. The van der Waals surface area contributed by atoms with E-state index in [0.717, 1.165) is 25.2 Å². The zero-order valence-electron chi connectivity index (χ0n) is 16.1.